The summed E-state index contributed by atoms with van der Waals surface area (Å²) in [5, 5.41) is 2.28. The Kier molecular flexibility index (Phi) is 6.37. The van der Waals surface area contributed by atoms with Crippen molar-refractivity contribution in [3.63, 3.8) is 0 Å². The molecule has 0 radical (unpaired) electrons. The van der Waals surface area contributed by atoms with Gasteiger partial charge in [-0.05, 0) is 31.5 Å². The van der Waals surface area contributed by atoms with Crippen LogP contribution in [-0.4, -0.2) is 50.7 Å². The van der Waals surface area contributed by atoms with Crippen LogP contribution in [0.2, 0.25) is 0 Å². The lowest BCUT2D eigenvalue weighted by Crippen LogP contribution is -2.20. The highest BCUT2D eigenvalue weighted by molar-refractivity contribution is 7.92. The molecule has 2 aromatic rings. The van der Waals surface area contributed by atoms with Gasteiger partial charge in [-0.25, -0.2) is 13.4 Å². The van der Waals surface area contributed by atoms with Gasteiger partial charge in [0.2, 0.25) is 5.91 Å². The van der Waals surface area contributed by atoms with Gasteiger partial charge in [-0.3, -0.25) is 4.79 Å². The number of benzene rings is 1. The van der Waals surface area contributed by atoms with E-state index in [9.17, 15) is 13.2 Å². The van der Waals surface area contributed by atoms with Gasteiger partial charge in [0.05, 0.1) is 29.9 Å². The Hall–Kier alpha value is -2.68. The molecular weight excluding hydrogens is 368 g/mol. The molecule has 0 aliphatic heterocycles. The lowest BCUT2D eigenvalue weighted by molar-refractivity contribution is -0.115. The van der Waals surface area contributed by atoms with Crippen molar-refractivity contribution in [1.82, 2.24) is 9.97 Å². The van der Waals surface area contributed by atoms with Crippen molar-refractivity contribution in [3.8, 4) is 6.01 Å². The minimum Gasteiger partial charge on any atom is -0.467 e. The van der Waals surface area contributed by atoms with Crippen molar-refractivity contribution in [2.24, 2.45) is 0 Å². The van der Waals surface area contributed by atoms with Crippen LogP contribution in [0.25, 0.3) is 0 Å². The van der Waals surface area contributed by atoms with Crippen molar-refractivity contribution in [3.05, 3.63) is 36.0 Å². The normalized spacial score (nSPS) is 11.3. The van der Waals surface area contributed by atoms with Crippen molar-refractivity contribution in [2.75, 3.05) is 31.4 Å². The number of methoxy groups -OCH3 is 1. The average molecular weight is 392 g/mol. The van der Waals surface area contributed by atoms with Gasteiger partial charge in [0, 0.05) is 14.1 Å². The molecule has 0 aliphatic rings. The molecule has 27 heavy (non-hydrogen) atoms. The number of sulfone groups is 1. The number of anilines is 2. The number of hydrogen-bond acceptors (Lipinski definition) is 7. The fourth-order valence-corrected chi connectivity index (χ4v) is 3.39. The fraction of sp³-hybridized carbons (Fsp3) is 0.389. The van der Waals surface area contributed by atoms with Gasteiger partial charge in [-0.2, -0.15) is 4.98 Å². The summed E-state index contributed by atoms with van der Waals surface area (Å²) in [6.07, 6.45) is 1.58. The Balaban J connectivity index is 2.13. The van der Waals surface area contributed by atoms with Crippen LogP contribution in [0.1, 0.15) is 19.4 Å². The van der Waals surface area contributed by atoms with Gasteiger partial charge in [0.15, 0.2) is 15.7 Å². The highest BCUT2D eigenvalue weighted by Gasteiger charge is 2.19. The van der Waals surface area contributed by atoms with Gasteiger partial charge in [-0.1, -0.05) is 12.1 Å². The maximum atomic E-state index is 12.4. The Morgan fingerprint density at radius 3 is 2.37 bits per heavy atom. The second kappa shape index (κ2) is 8.34. The number of aromatic nitrogens is 2. The summed E-state index contributed by atoms with van der Waals surface area (Å²) in [4.78, 5) is 22.6. The van der Waals surface area contributed by atoms with E-state index >= 15 is 0 Å². The first-order valence-corrected chi connectivity index (χ1v) is 9.90. The van der Waals surface area contributed by atoms with Gasteiger partial charge < -0.3 is 15.0 Å². The first-order valence-electron chi connectivity index (χ1n) is 8.36. The molecule has 0 saturated carbocycles. The average Bonchev–Trinajstić information content (AvgIpc) is 2.62. The molecule has 1 heterocycles. The van der Waals surface area contributed by atoms with Gasteiger partial charge in [0.25, 0.3) is 0 Å². The first-order chi connectivity index (χ1) is 12.6. The SMILES string of the molecule is COc1ncc(NC(=O)Cc2ccc(S(=O)(=O)C(C)C)cc2)c(N(C)C)n1. The smallest absolute Gasteiger partial charge is 0.318 e. The van der Waals surface area contributed by atoms with Gasteiger partial charge in [0.1, 0.15) is 5.69 Å². The van der Waals surface area contributed by atoms with Crippen LogP contribution in [0.3, 0.4) is 0 Å². The van der Waals surface area contributed by atoms with Crippen molar-refractivity contribution in [2.45, 2.75) is 30.4 Å². The summed E-state index contributed by atoms with van der Waals surface area (Å²) in [6, 6.07) is 6.55. The van der Waals surface area contributed by atoms with E-state index in [0.29, 0.717) is 17.1 Å². The molecule has 9 heteroatoms. The molecule has 146 valence electrons. The molecule has 1 aromatic carbocycles. The summed E-state index contributed by atoms with van der Waals surface area (Å²) in [5.41, 5.74) is 1.17. The highest BCUT2D eigenvalue weighted by atomic mass is 32.2. The third-order valence-corrected chi connectivity index (χ3v) is 6.03. The Morgan fingerprint density at radius 2 is 1.85 bits per heavy atom. The van der Waals surface area contributed by atoms with Gasteiger partial charge >= 0.3 is 6.01 Å². The Morgan fingerprint density at radius 1 is 1.22 bits per heavy atom. The summed E-state index contributed by atoms with van der Waals surface area (Å²) in [7, 11) is 1.74. The molecule has 1 amide bonds. The first kappa shape index (κ1) is 20.6. The number of nitrogens with one attached hydrogen (secondary N) is 1. The number of nitrogens with zero attached hydrogens (tertiary/aromatic N) is 3. The largest absolute Gasteiger partial charge is 0.467 e. The molecule has 0 fully saturated rings. The van der Waals surface area contributed by atoms with Crippen molar-refractivity contribution in [1.29, 1.82) is 0 Å². The number of carbonyl (C=O) groups is 1. The van der Waals surface area contributed by atoms with E-state index < -0.39 is 15.1 Å². The molecule has 1 N–H and O–H groups in total. The predicted molar refractivity (Wildman–Crippen MR) is 104 cm³/mol. The van der Waals surface area contributed by atoms with Crippen LogP contribution in [-0.2, 0) is 21.1 Å². The highest BCUT2D eigenvalue weighted by Crippen LogP contribution is 2.23. The molecule has 2 rings (SSSR count). The lowest BCUT2D eigenvalue weighted by atomic mass is 10.1. The molecule has 0 aliphatic carbocycles. The zero-order valence-corrected chi connectivity index (χ0v) is 16.9. The van der Waals surface area contributed by atoms with E-state index in [1.54, 1.807) is 45.0 Å². The number of hydrogen-bond donors (Lipinski definition) is 1. The number of amides is 1. The van der Waals surface area contributed by atoms with E-state index in [2.05, 4.69) is 15.3 Å². The van der Waals surface area contributed by atoms with Crippen LogP contribution >= 0.6 is 0 Å². The summed E-state index contributed by atoms with van der Waals surface area (Å²) >= 11 is 0. The summed E-state index contributed by atoms with van der Waals surface area (Å²) in [5.74, 6) is 0.264. The fourth-order valence-electron chi connectivity index (χ4n) is 2.33. The van der Waals surface area contributed by atoms with E-state index in [1.807, 2.05) is 0 Å². The minimum atomic E-state index is -3.33. The lowest BCUT2D eigenvalue weighted by Gasteiger charge is -2.16. The molecule has 8 nitrogen and oxygen atoms in total. The second-order valence-electron chi connectivity index (χ2n) is 6.45. The van der Waals surface area contributed by atoms with Crippen LogP contribution in [0.15, 0.2) is 35.4 Å². The van der Waals surface area contributed by atoms with Gasteiger partial charge in [-0.15, -0.1) is 0 Å². The number of ether oxygens (including phenoxy) is 1. The molecule has 1 aromatic heterocycles. The van der Waals surface area contributed by atoms with E-state index in [-0.39, 0.29) is 23.2 Å². The van der Waals surface area contributed by atoms with Crippen LogP contribution < -0.4 is 15.0 Å². The third-order valence-electron chi connectivity index (χ3n) is 3.86. The maximum absolute atomic E-state index is 12.4. The zero-order chi connectivity index (χ0) is 20.2. The molecule has 0 atom stereocenters. The molecule has 0 spiro atoms. The topological polar surface area (TPSA) is 101 Å². The minimum absolute atomic E-state index is 0.0981. The second-order valence-corrected chi connectivity index (χ2v) is 8.96. The Bertz CT molecular complexity index is 909. The standard InChI is InChI=1S/C18H24N4O4S/c1-12(2)27(24,25)14-8-6-13(7-9-14)10-16(23)20-15-11-19-18(26-5)21-17(15)22(3)4/h6-9,11-12H,10H2,1-5H3,(H,20,23). The molecular formula is C18H24N4O4S. The van der Waals surface area contributed by atoms with Crippen molar-refractivity contribution >= 4 is 27.2 Å². The summed E-state index contributed by atoms with van der Waals surface area (Å²) < 4.78 is 29.3. The van der Waals surface area contributed by atoms with E-state index in [4.69, 9.17) is 4.74 Å². The quantitative estimate of drug-likeness (QED) is 0.768. The van der Waals surface area contributed by atoms with E-state index in [0.717, 1.165) is 0 Å². The predicted octanol–water partition coefficient (Wildman–Crippen LogP) is 1.91. The molecule has 0 saturated heterocycles. The monoisotopic (exact) mass is 392 g/mol. The maximum Gasteiger partial charge on any atom is 0.318 e. The molecule has 0 bridgehead atoms. The third kappa shape index (κ3) is 4.94. The number of rotatable bonds is 7. The van der Waals surface area contributed by atoms with Crippen LogP contribution in [0, 0.1) is 0 Å². The summed E-state index contributed by atoms with van der Waals surface area (Å²) in [6.45, 7) is 3.27. The van der Waals surface area contributed by atoms with Crippen LogP contribution in [0.5, 0.6) is 6.01 Å². The van der Waals surface area contributed by atoms with Crippen molar-refractivity contribution < 1.29 is 17.9 Å². The molecule has 0 unspecified atom stereocenters. The number of carbonyl (C=O) groups excluding carboxylic acids is 1. The zero-order valence-electron chi connectivity index (χ0n) is 16.1. The van der Waals surface area contributed by atoms with Crippen LogP contribution in [0.4, 0.5) is 11.5 Å². The van der Waals surface area contributed by atoms with E-state index in [1.165, 1.54) is 25.4 Å². The Labute approximate surface area is 159 Å².